The van der Waals surface area contributed by atoms with E-state index in [1.165, 1.54) is 24.3 Å². The van der Waals surface area contributed by atoms with Gasteiger partial charge < -0.3 is 9.47 Å². The summed E-state index contributed by atoms with van der Waals surface area (Å²) in [6.45, 7) is 1.86. The van der Waals surface area contributed by atoms with Gasteiger partial charge in [0.25, 0.3) is 5.91 Å². The number of nitriles is 1. The Labute approximate surface area is 186 Å². The molecule has 2 aromatic carbocycles. The van der Waals surface area contributed by atoms with Crippen LogP contribution in [0.4, 0.5) is 0 Å². The molecule has 0 aliphatic carbocycles. The number of rotatable bonds is 9. The molecule has 1 amide bonds. The van der Waals surface area contributed by atoms with Crippen LogP contribution in [0.1, 0.15) is 37.3 Å². The third kappa shape index (κ3) is 5.15. The quantitative estimate of drug-likeness (QED) is 0.534. The average molecular weight is 455 g/mol. The third-order valence-corrected chi connectivity index (χ3v) is 6.45. The minimum Gasteiger partial charge on any atom is -0.459 e. The van der Waals surface area contributed by atoms with E-state index in [-0.39, 0.29) is 18.8 Å². The molecule has 0 N–H and O–H groups in total. The maximum absolute atomic E-state index is 13.1. The van der Waals surface area contributed by atoms with E-state index in [1.54, 1.807) is 24.3 Å². The van der Waals surface area contributed by atoms with Crippen molar-refractivity contribution in [2.24, 2.45) is 0 Å². The highest BCUT2D eigenvalue weighted by Crippen LogP contribution is 2.29. The fraction of sp³-hybridized carbons (Fsp3) is 0.261. The van der Waals surface area contributed by atoms with E-state index >= 15 is 0 Å². The first kappa shape index (κ1) is 23.0. The van der Waals surface area contributed by atoms with E-state index in [0.29, 0.717) is 22.7 Å². The van der Waals surface area contributed by atoms with Gasteiger partial charge in [-0.1, -0.05) is 50.1 Å². The molecule has 9 heteroatoms. The lowest BCUT2D eigenvalue weighted by Gasteiger charge is -2.25. The van der Waals surface area contributed by atoms with Crippen LogP contribution in [0.3, 0.4) is 0 Å². The molecule has 1 unspecified atom stereocenters. The molecule has 0 saturated carbocycles. The summed E-state index contributed by atoms with van der Waals surface area (Å²) in [5.41, 5.74) is 1.12. The second-order valence-electron chi connectivity index (χ2n) is 7.09. The molecule has 32 heavy (non-hydrogen) atoms. The van der Waals surface area contributed by atoms with Crippen molar-refractivity contribution in [1.29, 1.82) is 5.26 Å². The topological polar surface area (TPSA) is 114 Å². The summed E-state index contributed by atoms with van der Waals surface area (Å²) in [7, 11) is -4.39. The fourth-order valence-corrected chi connectivity index (χ4v) is 4.59. The van der Waals surface area contributed by atoms with Gasteiger partial charge in [-0.25, -0.2) is 9.10 Å². The van der Waals surface area contributed by atoms with Crippen LogP contribution in [0, 0.1) is 11.3 Å². The summed E-state index contributed by atoms with van der Waals surface area (Å²) in [4.78, 5) is 25.4. The van der Waals surface area contributed by atoms with Gasteiger partial charge in [-0.05, 0) is 36.2 Å². The van der Waals surface area contributed by atoms with Crippen LogP contribution in [0.25, 0.3) is 0 Å². The van der Waals surface area contributed by atoms with Crippen LogP contribution in [-0.2, 0) is 31.0 Å². The minimum atomic E-state index is -4.39. The van der Waals surface area contributed by atoms with Crippen molar-refractivity contribution < 1.29 is 27.5 Å². The Morgan fingerprint density at radius 1 is 1.12 bits per heavy atom. The molecule has 0 radical (unpaired) electrons. The second kappa shape index (κ2) is 10.1. The lowest BCUT2D eigenvalue weighted by molar-refractivity contribution is -0.152. The Balaban J connectivity index is 1.79. The van der Waals surface area contributed by atoms with Gasteiger partial charge in [-0.3, -0.25) is 4.79 Å². The second-order valence-corrected chi connectivity index (χ2v) is 8.84. The van der Waals surface area contributed by atoms with E-state index in [1.807, 2.05) is 19.1 Å². The van der Waals surface area contributed by atoms with Crippen molar-refractivity contribution >= 4 is 21.9 Å². The van der Waals surface area contributed by atoms with Gasteiger partial charge in [0.2, 0.25) is 5.09 Å². The van der Waals surface area contributed by atoms with Gasteiger partial charge in [0.05, 0.1) is 17.7 Å². The standard InChI is InChI=1S/C23H22N2O6S/c1-2-3-9-20(23(27)30-16-18-7-5-4-6-8-18)25-21(26)14-22(32(25,28)29)31-19-12-10-17(15-24)11-13-19/h4-8,10-14,20H,2-3,9,16H2,1H3. The first-order valence-corrected chi connectivity index (χ1v) is 11.5. The van der Waals surface area contributed by atoms with E-state index < -0.39 is 33.0 Å². The molecule has 0 fully saturated rings. The van der Waals surface area contributed by atoms with Crippen molar-refractivity contribution in [2.75, 3.05) is 0 Å². The SMILES string of the molecule is CCCCC(C(=O)OCc1ccccc1)N1C(=O)C=C(Oc2ccc(C#N)cc2)S1(=O)=O. The Morgan fingerprint density at radius 2 is 1.81 bits per heavy atom. The predicted octanol–water partition coefficient (Wildman–Crippen LogP) is 3.25. The molecule has 3 rings (SSSR count). The number of sulfonamides is 1. The number of amides is 1. The molecule has 0 aromatic heterocycles. The van der Waals surface area contributed by atoms with Gasteiger partial charge in [0, 0.05) is 0 Å². The molecule has 1 atom stereocenters. The Hall–Kier alpha value is -3.64. The zero-order valence-electron chi connectivity index (χ0n) is 17.4. The highest BCUT2D eigenvalue weighted by molar-refractivity contribution is 7.93. The number of unbranched alkanes of at least 4 members (excludes halogenated alkanes) is 1. The number of nitrogens with zero attached hydrogens (tertiary/aromatic N) is 2. The van der Waals surface area contributed by atoms with E-state index in [9.17, 15) is 18.0 Å². The Bertz CT molecular complexity index is 1150. The fourth-order valence-electron chi connectivity index (χ4n) is 3.12. The molecule has 0 saturated heterocycles. The summed E-state index contributed by atoms with van der Waals surface area (Å²) in [6.07, 6.45) is 2.20. The molecular weight excluding hydrogens is 432 g/mol. The average Bonchev–Trinajstić information content (AvgIpc) is 3.02. The van der Waals surface area contributed by atoms with Crippen LogP contribution in [-0.4, -0.2) is 30.6 Å². The van der Waals surface area contributed by atoms with Crippen LogP contribution in [0.2, 0.25) is 0 Å². The predicted molar refractivity (Wildman–Crippen MR) is 115 cm³/mol. The first-order valence-electron chi connectivity index (χ1n) is 10.1. The van der Waals surface area contributed by atoms with Crippen molar-refractivity contribution in [1.82, 2.24) is 4.31 Å². The number of ether oxygens (including phenoxy) is 2. The van der Waals surface area contributed by atoms with E-state index in [2.05, 4.69) is 0 Å². The maximum Gasteiger partial charge on any atom is 0.330 e. The molecule has 8 nitrogen and oxygen atoms in total. The lowest BCUT2D eigenvalue weighted by Crippen LogP contribution is -2.46. The largest absolute Gasteiger partial charge is 0.459 e. The Kier molecular flexibility index (Phi) is 7.28. The number of carbonyl (C=O) groups is 2. The normalized spacial score (nSPS) is 15.6. The van der Waals surface area contributed by atoms with E-state index in [4.69, 9.17) is 14.7 Å². The molecule has 0 spiro atoms. The molecule has 1 aliphatic heterocycles. The third-order valence-electron chi connectivity index (χ3n) is 4.78. The highest BCUT2D eigenvalue weighted by atomic mass is 32.2. The van der Waals surface area contributed by atoms with E-state index in [0.717, 1.165) is 11.6 Å². The lowest BCUT2D eigenvalue weighted by atomic mass is 10.1. The summed E-state index contributed by atoms with van der Waals surface area (Å²) in [5, 5.41) is 8.29. The van der Waals surface area contributed by atoms with Gasteiger partial charge >= 0.3 is 16.0 Å². The van der Waals surface area contributed by atoms with Crippen molar-refractivity contribution in [3.05, 3.63) is 76.9 Å². The summed E-state index contributed by atoms with van der Waals surface area (Å²) < 4.78 is 37.4. The minimum absolute atomic E-state index is 0.0353. The number of esters is 1. The Morgan fingerprint density at radius 3 is 2.44 bits per heavy atom. The van der Waals surface area contributed by atoms with Crippen LogP contribution in [0.5, 0.6) is 5.75 Å². The van der Waals surface area contributed by atoms with Crippen molar-refractivity contribution in [2.45, 2.75) is 38.8 Å². The van der Waals surface area contributed by atoms with Crippen molar-refractivity contribution in [3.63, 3.8) is 0 Å². The highest BCUT2D eigenvalue weighted by Gasteiger charge is 2.46. The number of hydrogen-bond acceptors (Lipinski definition) is 7. The van der Waals surface area contributed by atoms with Gasteiger partial charge in [0.15, 0.2) is 0 Å². The van der Waals surface area contributed by atoms with Crippen molar-refractivity contribution in [3.8, 4) is 11.8 Å². The number of benzene rings is 2. The molecular formula is C23H22N2O6S. The van der Waals surface area contributed by atoms with Gasteiger partial charge in [-0.2, -0.15) is 13.7 Å². The summed E-state index contributed by atoms with van der Waals surface area (Å²) in [6, 6.07) is 15.4. The van der Waals surface area contributed by atoms with Gasteiger partial charge in [0.1, 0.15) is 18.4 Å². The number of hydrogen-bond donors (Lipinski definition) is 0. The molecule has 1 aliphatic rings. The smallest absolute Gasteiger partial charge is 0.330 e. The monoisotopic (exact) mass is 454 g/mol. The van der Waals surface area contributed by atoms with Gasteiger partial charge in [-0.15, -0.1) is 0 Å². The molecule has 166 valence electrons. The maximum atomic E-state index is 13.1. The summed E-state index contributed by atoms with van der Waals surface area (Å²) >= 11 is 0. The first-order chi connectivity index (χ1) is 15.4. The molecule has 1 heterocycles. The van der Waals surface area contributed by atoms with Crippen LogP contribution >= 0.6 is 0 Å². The molecule has 0 bridgehead atoms. The van der Waals surface area contributed by atoms with Crippen LogP contribution in [0.15, 0.2) is 65.8 Å². The molecule has 2 aromatic rings. The number of carbonyl (C=O) groups excluding carboxylic acids is 2. The van der Waals surface area contributed by atoms with Crippen LogP contribution < -0.4 is 4.74 Å². The zero-order valence-corrected chi connectivity index (χ0v) is 18.2. The zero-order chi connectivity index (χ0) is 23.1. The summed E-state index contributed by atoms with van der Waals surface area (Å²) in [5.74, 6) is -1.52.